The lowest BCUT2D eigenvalue weighted by Gasteiger charge is -2.09. The van der Waals surface area contributed by atoms with Gasteiger partial charge in [-0.1, -0.05) is 77.1 Å². The van der Waals surface area contributed by atoms with Gasteiger partial charge in [-0.15, -0.1) is 10.2 Å². The number of nitrogens with zero attached hydrogens (tertiary/aromatic N) is 4. The topological polar surface area (TPSA) is 59.4 Å². The van der Waals surface area contributed by atoms with E-state index in [-0.39, 0.29) is 0 Å². The minimum Gasteiger partial charge on any atom is -0.339 e. The molecule has 0 unspecified atom stereocenters. The smallest absolute Gasteiger partial charge is 0.178 e. The lowest BCUT2D eigenvalue weighted by Crippen LogP contribution is -2.01. The predicted octanol–water partition coefficient (Wildman–Crippen LogP) is 5.91. The van der Waals surface area contributed by atoms with E-state index in [1.165, 1.54) is 26.4 Å². The molecule has 5 nitrogen and oxygen atoms in total. The van der Waals surface area contributed by atoms with Crippen molar-refractivity contribution in [1.29, 1.82) is 0 Å². The van der Waals surface area contributed by atoms with Crippen LogP contribution in [0.4, 0.5) is 0 Å². The van der Waals surface area contributed by atoms with Crippen LogP contribution >= 0.6 is 23.4 Å². The van der Waals surface area contributed by atoms with Crippen molar-refractivity contribution in [3.05, 3.63) is 100 Å². The van der Waals surface area contributed by atoms with E-state index in [0.29, 0.717) is 12.2 Å². The number of benzene rings is 3. The fourth-order valence-electron chi connectivity index (χ4n) is 3.79. The molecule has 5 rings (SSSR count). The molecule has 0 aliphatic carbocycles. The molecule has 0 fully saturated rings. The van der Waals surface area contributed by atoms with Crippen molar-refractivity contribution in [1.82, 2.24) is 25.2 Å². The van der Waals surface area contributed by atoms with Crippen LogP contribution in [0.1, 0.15) is 22.6 Å². The van der Waals surface area contributed by atoms with E-state index in [1.54, 1.807) is 11.8 Å². The fraction of sp³-hybridized carbons (Fsp3) is 0.125. The van der Waals surface area contributed by atoms with Crippen LogP contribution in [-0.4, -0.2) is 25.2 Å². The molecular weight excluding hydrogens is 426 g/mol. The lowest BCUT2D eigenvalue weighted by atomic mass is 10.1. The Morgan fingerprint density at radius 2 is 1.81 bits per heavy atom. The molecule has 5 aromatic rings. The standard InChI is InChI=1S/C24H20ClN5S/c1-16-24(31-20-9-5-8-18(12-20)13-23-26-28-29-27-23)21-11-10-19(25)14-22(21)30(16)15-17-6-3-2-4-7-17/h2-12,14H,13,15H2,1H3,(H,26,27,28,29). The van der Waals surface area contributed by atoms with E-state index in [1.807, 2.05) is 12.1 Å². The van der Waals surface area contributed by atoms with Crippen LogP contribution in [0, 0.1) is 6.92 Å². The van der Waals surface area contributed by atoms with Crippen molar-refractivity contribution in [2.45, 2.75) is 29.7 Å². The maximum Gasteiger partial charge on any atom is 0.178 e. The molecule has 0 aliphatic rings. The van der Waals surface area contributed by atoms with Crippen LogP contribution in [0.3, 0.4) is 0 Å². The highest BCUT2D eigenvalue weighted by molar-refractivity contribution is 7.99. The number of aromatic nitrogens is 5. The van der Waals surface area contributed by atoms with Crippen LogP contribution in [0.5, 0.6) is 0 Å². The van der Waals surface area contributed by atoms with Gasteiger partial charge in [-0.25, -0.2) is 0 Å². The van der Waals surface area contributed by atoms with Gasteiger partial charge in [-0.2, -0.15) is 5.21 Å². The van der Waals surface area contributed by atoms with Crippen molar-refractivity contribution in [3.63, 3.8) is 0 Å². The number of nitrogens with one attached hydrogen (secondary N) is 1. The first-order valence-corrected chi connectivity index (χ1v) is 11.2. The molecule has 0 aliphatic heterocycles. The van der Waals surface area contributed by atoms with Crippen molar-refractivity contribution in [2.75, 3.05) is 0 Å². The van der Waals surface area contributed by atoms with Gasteiger partial charge in [-0.05, 0) is 42.3 Å². The van der Waals surface area contributed by atoms with Gasteiger partial charge in [0, 0.05) is 38.9 Å². The van der Waals surface area contributed by atoms with E-state index in [9.17, 15) is 0 Å². The Hall–Kier alpha value is -3.09. The molecule has 7 heteroatoms. The molecule has 2 heterocycles. The van der Waals surface area contributed by atoms with Crippen LogP contribution in [0.2, 0.25) is 5.02 Å². The second-order valence-electron chi connectivity index (χ2n) is 7.40. The van der Waals surface area contributed by atoms with E-state index < -0.39 is 0 Å². The van der Waals surface area contributed by atoms with Gasteiger partial charge >= 0.3 is 0 Å². The van der Waals surface area contributed by atoms with Crippen molar-refractivity contribution in [3.8, 4) is 0 Å². The summed E-state index contributed by atoms with van der Waals surface area (Å²) in [5.41, 5.74) is 4.80. The SMILES string of the molecule is Cc1c(Sc2cccc(Cc3nn[nH]n3)c2)c2ccc(Cl)cc2n1Cc1ccccc1. The summed E-state index contributed by atoms with van der Waals surface area (Å²) >= 11 is 8.14. The summed E-state index contributed by atoms with van der Waals surface area (Å²) in [5, 5.41) is 16.2. The monoisotopic (exact) mass is 445 g/mol. The van der Waals surface area contributed by atoms with Gasteiger partial charge in [0.2, 0.25) is 0 Å². The van der Waals surface area contributed by atoms with Gasteiger partial charge in [0.25, 0.3) is 0 Å². The molecule has 2 aromatic heterocycles. The first-order valence-electron chi connectivity index (χ1n) is 9.99. The zero-order valence-electron chi connectivity index (χ0n) is 16.9. The van der Waals surface area contributed by atoms with Gasteiger partial charge in [0.15, 0.2) is 5.82 Å². The number of aromatic amines is 1. The average molecular weight is 446 g/mol. The molecule has 154 valence electrons. The number of halogens is 1. The highest BCUT2D eigenvalue weighted by Gasteiger charge is 2.16. The minimum absolute atomic E-state index is 0.648. The third-order valence-corrected chi connectivity index (χ3v) is 6.73. The first-order chi connectivity index (χ1) is 15.2. The molecule has 3 aromatic carbocycles. The maximum atomic E-state index is 6.36. The van der Waals surface area contributed by atoms with Crippen molar-refractivity contribution < 1.29 is 0 Å². The second kappa shape index (κ2) is 8.57. The molecule has 0 amide bonds. The summed E-state index contributed by atoms with van der Waals surface area (Å²) < 4.78 is 2.35. The van der Waals surface area contributed by atoms with Crippen molar-refractivity contribution >= 4 is 34.3 Å². The summed E-state index contributed by atoms with van der Waals surface area (Å²) in [5.74, 6) is 0.687. The van der Waals surface area contributed by atoms with Crippen molar-refractivity contribution in [2.24, 2.45) is 0 Å². The highest BCUT2D eigenvalue weighted by Crippen LogP contribution is 2.39. The number of hydrogen-bond acceptors (Lipinski definition) is 4. The minimum atomic E-state index is 0.648. The Kier molecular flexibility index (Phi) is 5.49. The number of tetrazole rings is 1. The normalized spacial score (nSPS) is 11.3. The molecule has 1 N–H and O–H groups in total. The van der Waals surface area contributed by atoms with E-state index in [4.69, 9.17) is 11.6 Å². The zero-order valence-corrected chi connectivity index (χ0v) is 18.5. The lowest BCUT2D eigenvalue weighted by molar-refractivity contribution is 0.794. The molecule has 31 heavy (non-hydrogen) atoms. The van der Waals surface area contributed by atoms with Gasteiger partial charge in [0.05, 0.1) is 5.52 Å². The Labute approximate surface area is 189 Å². The third-order valence-electron chi connectivity index (χ3n) is 5.28. The zero-order chi connectivity index (χ0) is 21.2. The van der Waals surface area contributed by atoms with Crippen LogP contribution in [0.15, 0.2) is 82.6 Å². The van der Waals surface area contributed by atoms with Crippen LogP contribution < -0.4 is 0 Å². The number of hydrogen-bond donors (Lipinski definition) is 1. The summed E-state index contributed by atoms with van der Waals surface area (Å²) in [4.78, 5) is 2.43. The molecular formula is C24H20ClN5S. The second-order valence-corrected chi connectivity index (χ2v) is 8.92. The number of rotatable bonds is 6. The van der Waals surface area contributed by atoms with Crippen LogP contribution in [0.25, 0.3) is 10.9 Å². The Bertz CT molecular complexity index is 1330. The average Bonchev–Trinajstić information content (AvgIpc) is 3.37. The summed E-state index contributed by atoms with van der Waals surface area (Å²) in [6.07, 6.45) is 0.648. The van der Waals surface area contributed by atoms with E-state index in [2.05, 4.69) is 92.8 Å². The number of fused-ring (bicyclic) bond motifs is 1. The Morgan fingerprint density at radius 1 is 0.968 bits per heavy atom. The Balaban J connectivity index is 1.52. The predicted molar refractivity (Wildman–Crippen MR) is 125 cm³/mol. The van der Waals surface area contributed by atoms with Crippen LogP contribution in [-0.2, 0) is 13.0 Å². The Morgan fingerprint density at radius 3 is 2.61 bits per heavy atom. The molecule has 0 bridgehead atoms. The van der Waals surface area contributed by atoms with E-state index >= 15 is 0 Å². The summed E-state index contributed by atoms with van der Waals surface area (Å²) in [6.45, 7) is 2.99. The van der Waals surface area contributed by atoms with Gasteiger partial charge < -0.3 is 4.57 Å². The molecule has 0 saturated heterocycles. The highest BCUT2D eigenvalue weighted by atomic mass is 35.5. The molecule has 0 radical (unpaired) electrons. The quantitative estimate of drug-likeness (QED) is 0.353. The summed E-state index contributed by atoms with van der Waals surface area (Å²) in [7, 11) is 0. The third kappa shape index (κ3) is 4.22. The largest absolute Gasteiger partial charge is 0.339 e. The number of H-pyrrole nitrogens is 1. The molecule has 0 spiro atoms. The van der Waals surface area contributed by atoms with Gasteiger partial charge in [0.1, 0.15) is 0 Å². The molecule has 0 atom stereocenters. The van der Waals surface area contributed by atoms with Gasteiger partial charge in [-0.3, -0.25) is 0 Å². The summed E-state index contributed by atoms with van der Waals surface area (Å²) in [6, 6.07) is 25.2. The first kappa shape index (κ1) is 19.8. The fourth-order valence-corrected chi connectivity index (χ4v) is 5.09. The van der Waals surface area contributed by atoms with E-state index in [0.717, 1.165) is 22.6 Å². The maximum absolute atomic E-state index is 6.36. The molecule has 0 saturated carbocycles.